The van der Waals surface area contributed by atoms with Crippen LogP contribution in [0.2, 0.25) is 0 Å². The van der Waals surface area contributed by atoms with Gasteiger partial charge in [0, 0.05) is 24.3 Å². The van der Waals surface area contributed by atoms with Crippen molar-refractivity contribution in [3.63, 3.8) is 0 Å². The average molecular weight is 272 g/mol. The maximum absolute atomic E-state index is 11.7. The van der Waals surface area contributed by atoms with Crippen LogP contribution in [0.1, 0.15) is 42.6 Å². The topological polar surface area (TPSA) is 64.3 Å². The van der Waals surface area contributed by atoms with Crippen LogP contribution in [0.25, 0.3) is 0 Å². The Kier molecular flexibility index (Phi) is 4.41. The molecule has 1 N–H and O–H groups in total. The summed E-state index contributed by atoms with van der Waals surface area (Å²) in [5.41, 5.74) is 2.09. The summed E-state index contributed by atoms with van der Waals surface area (Å²) in [6, 6.07) is 7.33. The van der Waals surface area contributed by atoms with E-state index >= 15 is 0 Å². The first-order chi connectivity index (χ1) is 9.52. The van der Waals surface area contributed by atoms with Crippen molar-refractivity contribution in [2.75, 3.05) is 18.0 Å². The largest absolute Gasteiger partial charge is 0.393 e. The second kappa shape index (κ2) is 6.06. The number of aliphatic hydroxyl groups excluding tert-OH is 1. The molecular formula is C16H20N2O2. The van der Waals surface area contributed by atoms with E-state index in [-0.39, 0.29) is 11.9 Å². The van der Waals surface area contributed by atoms with E-state index in [2.05, 4.69) is 11.0 Å². The summed E-state index contributed by atoms with van der Waals surface area (Å²) in [7, 11) is 0. The normalized spacial score (nSPS) is 17.6. The van der Waals surface area contributed by atoms with Crippen molar-refractivity contribution in [3.8, 4) is 6.07 Å². The number of Topliss-reactive ketones (excluding diaryl/α,β-unsaturated/α-hetero) is 1. The molecule has 106 valence electrons. The lowest BCUT2D eigenvalue weighted by Gasteiger charge is -2.35. The van der Waals surface area contributed by atoms with E-state index in [1.807, 2.05) is 6.92 Å². The zero-order valence-electron chi connectivity index (χ0n) is 12.0. The number of carbonyl (C=O) groups is 1. The summed E-state index contributed by atoms with van der Waals surface area (Å²) < 4.78 is 0. The van der Waals surface area contributed by atoms with Crippen LogP contribution in [-0.2, 0) is 0 Å². The molecule has 1 aliphatic rings. The number of anilines is 1. The van der Waals surface area contributed by atoms with Gasteiger partial charge < -0.3 is 10.0 Å². The van der Waals surface area contributed by atoms with Gasteiger partial charge in [0.05, 0.1) is 17.7 Å². The number of hydrogen-bond acceptors (Lipinski definition) is 4. The van der Waals surface area contributed by atoms with Gasteiger partial charge in [-0.1, -0.05) is 0 Å². The van der Waals surface area contributed by atoms with Crippen LogP contribution >= 0.6 is 0 Å². The van der Waals surface area contributed by atoms with Crippen LogP contribution in [0.4, 0.5) is 5.69 Å². The Balaban J connectivity index is 2.24. The van der Waals surface area contributed by atoms with Crippen molar-refractivity contribution in [3.05, 3.63) is 29.3 Å². The zero-order chi connectivity index (χ0) is 14.7. The number of hydrogen-bond donors (Lipinski definition) is 1. The van der Waals surface area contributed by atoms with Gasteiger partial charge in [0.15, 0.2) is 5.78 Å². The van der Waals surface area contributed by atoms with Gasteiger partial charge in [-0.2, -0.15) is 5.26 Å². The molecule has 0 aliphatic carbocycles. The Morgan fingerprint density at radius 1 is 1.45 bits per heavy atom. The van der Waals surface area contributed by atoms with Gasteiger partial charge in [0.25, 0.3) is 0 Å². The molecule has 2 rings (SSSR count). The van der Waals surface area contributed by atoms with E-state index in [4.69, 9.17) is 5.26 Å². The predicted molar refractivity (Wildman–Crippen MR) is 77.8 cm³/mol. The van der Waals surface area contributed by atoms with Crippen LogP contribution in [0.5, 0.6) is 0 Å². The molecule has 1 unspecified atom stereocenters. The van der Waals surface area contributed by atoms with Crippen molar-refractivity contribution in [2.45, 2.75) is 32.8 Å². The maximum atomic E-state index is 11.7. The molecule has 1 aliphatic heterocycles. The molecule has 0 bridgehead atoms. The first-order valence-corrected chi connectivity index (χ1v) is 7.01. The third-order valence-electron chi connectivity index (χ3n) is 4.07. The van der Waals surface area contributed by atoms with Crippen LogP contribution in [0, 0.1) is 17.2 Å². The summed E-state index contributed by atoms with van der Waals surface area (Å²) >= 11 is 0. The van der Waals surface area contributed by atoms with Crippen molar-refractivity contribution < 1.29 is 9.90 Å². The lowest BCUT2D eigenvalue weighted by atomic mass is 9.91. The molecule has 0 radical (unpaired) electrons. The lowest BCUT2D eigenvalue weighted by molar-refractivity contribution is 0.101. The number of benzene rings is 1. The van der Waals surface area contributed by atoms with E-state index in [0.29, 0.717) is 17.0 Å². The summed E-state index contributed by atoms with van der Waals surface area (Å²) in [6.07, 6.45) is 1.53. The molecule has 1 heterocycles. The second-order valence-electron chi connectivity index (χ2n) is 5.46. The fourth-order valence-electron chi connectivity index (χ4n) is 2.78. The van der Waals surface area contributed by atoms with E-state index in [0.717, 1.165) is 31.6 Å². The van der Waals surface area contributed by atoms with E-state index in [9.17, 15) is 9.90 Å². The highest BCUT2D eigenvalue weighted by Gasteiger charge is 2.24. The molecular weight excluding hydrogens is 252 g/mol. The number of aliphatic hydroxyl groups is 1. The smallest absolute Gasteiger partial charge is 0.161 e. The Hall–Kier alpha value is -1.86. The van der Waals surface area contributed by atoms with Crippen molar-refractivity contribution in [1.82, 2.24) is 0 Å². The average Bonchev–Trinajstić information content (AvgIpc) is 2.46. The fraction of sp³-hybridized carbons (Fsp3) is 0.500. The van der Waals surface area contributed by atoms with Crippen LogP contribution in [0.3, 0.4) is 0 Å². The molecule has 1 aromatic rings. The quantitative estimate of drug-likeness (QED) is 0.858. The van der Waals surface area contributed by atoms with Crippen molar-refractivity contribution in [2.24, 2.45) is 5.92 Å². The second-order valence-corrected chi connectivity index (χ2v) is 5.46. The van der Waals surface area contributed by atoms with Gasteiger partial charge in [-0.15, -0.1) is 0 Å². The fourth-order valence-corrected chi connectivity index (χ4v) is 2.78. The molecule has 0 aromatic heterocycles. The van der Waals surface area contributed by atoms with Crippen LogP contribution in [-0.4, -0.2) is 30.1 Å². The van der Waals surface area contributed by atoms with Gasteiger partial charge in [-0.05, 0) is 50.8 Å². The first kappa shape index (κ1) is 14.5. The molecule has 1 atom stereocenters. The number of nitriles is 1. The Labute approximate surface area is 119 Å². The maximum Gasteiger partial charge on any atom is 0.161 e. The van der Waals surface area contributed by atoms with Gasteiger partial charge >= 0.3 is 0 Å². The number of ketones is 1. The third kappa shape index (κ3) is 3.00. The Morgan fingerprint density at radius 3 is 2.60 bits per heavy atom. The Morgan fingerprint density at radius 2 is 2.10 bits per heavy atom. The number of rotatable bonds is 3. The number of nitrogens with zero attached hydrogens (tertiary/aromatic N) is 2. The molecule has 1 saturated heterocycles. The highest BCUT2D eigenvalue weighted by Crippen LogP contribution is 2.29. The van der Waals surface area contributed by atoms with E-state index < -0.39 is 0 Å². The van der Waals surface area contributed by atoms with Gasteiger partial charge in [-0.3, -0.25) is 4.79 Å². The molecule has 4 heteroatoms. The van der Waals surface area contributed by atoms with Crippen LogP contribution < -0.4 is 4.90 Å². The highest BCUT2D eigenvalue weighted by atomic mass is 16.3. The van der Waals surface area contributed by atoms with E-state index in [1.165, 1.54) is 0 Å². The molecule has 20 heavy (non-hydrogen) atoms. The highest BCUT2D eigenvalue weighted by molar-refractivity contribution is 6.00. The van der Waals surface area contributed by atoms with Crippen LogP contribution in [0.15, 0.2) is 18.2 Å². The summed E-state index contributed by atoms with van der Waals surface area (Å²) in [5.74, 6) is 0.341. The summed E-state index contributed by atoms with van der Waals surface area (Å²) in [6.45, 7) is 5.00. The first-order valence-electron chi connectivity index (χ1n) is 7.01. The SMILES string of the molecule is CC(=O)c1ccc(C#N)cc1N1CCC(C(C)O)CC1. The molecule has 4 nitrogen and oxygen atoms in total. The minimum atomic E-state index is -0.283. The lowest BCUT2D eigenvalue weighted by Crippen LogP contribution is -2.37. The summed E-state index contributed by atoms with van der Waals surface area (Å²) in [4.78, 5) is 13.9. The van der Waals surface area contributed by atoms with Gasteiger partial charge in [0.1, 0.15) is 0 Å². The molecule has 1 aromatic carbocycles. The molecule has 0 spiro atoms. The standard InChI is InChI=1S/C16H20N2O2/c1-11(19)14-5-7-18(8-6-14)16-9-13(10-17)3-4-15(16)12(2)20/h3-4,9,11,14,19H,5-8H2,1-2H3. The minimum absolute atomic E-state index is 0.0159. The molecule has 1 fully saturated rings. The molecule has 0 amide bonds. The van der Waals surface area contributed by atoms with Gasteiger partial charge in [0.2, 0.25) is 0 Å². The predicted octanol–water partition coefficient (Wildman–Crippen LogP) is 2.36. The summed E-state index contributed by atoms with van der Waals surface area (Å²) in [5, 5.41) is 18.7. The Bertz CT molecular complexity index is 538. The monoisotopic (exact) mass is 272 g/mol. The molecule has 0 saturated carbocycles. The zero-order valence-corrected chi connectivity index (χ0v) is 12.0. The minimum Gasteiger partial charge on any atom is -0.393 e. The number of piperidine rings is 1. The van der Waals surface area contributed by atoms with Gasteiger partial charge in [-0.25, -0.2) is 0 Å². The van der Waals surface area contributed by atoms with Crippen molar-refractivity contribution in [1.29, 1.82) is 5.26 Å². The third-order valence-corrected chi connectivity index (χ3v) is 4.07. The number of carbonyl (C=O) groups excluding carboxylic acids is 1. The van der Waals surface area contributed by atoms with E-state index in [1.54, 1.807) is 25.1 Å². The van der Waals surface area contributed by atoms with Crippen molar-refractivity contribution >= 4 is 11.5 Å².